The monoisotopic (exact) mass is 305 g/mol. The number of ether oxygens (including phenoxy) is 2. The second kappa shape index (κ2) is 7.97. The number of carbonyl (C=O) groups excluding carboxylic acids is 3. The number of amides is 1. The lowest BCUT2D eigenvalue weighted by Crippen LogP contribution is -2.19. The van der Waals surface area contributed by atoms with Crippen LogP contribution in [0.15, 0.2) is 18.7 Å². The van der Waals surface area contributed by atoms with Crippen LogP contribution in [0.2, 0.25) is 0 Å². The quantitative estimate of drug-likeness (QED) is 0.378. The number of rotatable bonds is 6. The average molecular weight is 305 g/mol. The molecular formula is C16H19NO5. The van der Waals surface area contributed by atoms with Gasteiger partial charge in [0.05, 0.1) is 5.69 Å². The molecule has 118 valence electrons. The van der Waals surface area contributed by atoms with Crippen molar-refractivity contribution in [2.24, 2.45) is 0 Å². The third-order valence-corrected chi connectivity index (χ3v) is 3.10. The van der Waals surface area contributed by atoms with Gasteiger partial charge in [0.2, 0.25) is 0 Å². The van der Waals surface area contributed by atoms with Crippen molar-refractivity contribution in [1.82, 2.24) is 0 Å². The lowest BCUT2D eigenvalue weighted by atomic mass is 9.98. The Bertz CT molecular complexity index is 607. The SMILES string of the molecule is C=CC(=O)OCCOC(=O)Nc1c(C)cc(C)c(C=O)c1C. The topological polar surface area (TPSA) is 81.7 Å². The van der Waals surface area contributed by atoms with Crippen LogP contribution in [-0.4, -0.2) is 31.6 Å². The molecule has 1 aromatic rings. The van der Waals surface area contributed by atoms with Crippen molar-refractivity contribution < 1.29 is 23.9 Å². The maximum atomic E-state index is 11.7. The molecule has 0 heterocycles. The second-order valence-electron chi connectivity index (χ2n) is 4.67. The highest BCUT2D eigenvalue weighted by atomic mass is 16.6. The number of nitrogens with one attached hydrogen (secondary N) is 1. The highest BCUT2D eigenvalue weighted by Crippen LogP contribution is 2.25. The number of carbonyl (C=O) groups is 3. The van der Waals surface area contributed by atoms with Crippen LogP contribution in [0.1, 0.15) is 27.0 Å². The van der Waals surface area contributed by atoms with E-state index in [2.05, 4.69) is 16.6 Å². The van der Waals surface area contributed by atoms with Crippen molar-refractivity contribution in [1.29, 1.82) is 0 Å². The first-order chi connectivity index (χ1) is 10.4. The highest BCUT2D eigenvalue weighted by Gasteiger charge is 2.13. The number of aldehydes is 1. The lowest BCUT2D eigenvalue weighted by molar-refractivity contribution is -0.138. The van der Waals surface area contributed by atoms with Gasteiger partial charge in [0, 0.05) is 11.6 Å². The molecule has 1 aromatic carbocycles. The van der Waals surface area contributed by atoms with Crippen LogP contribution < -0.4 is 5.32 Å². The van der Waals surface area contributed by atoms with Gasteiger partial charge in [0.1, 0.15) is 13.2 Å². The van der Waals surface area contributed by atoms with Crippen molar-refractivity contribution in [2.45, 2.75) is 20.8 Å². The zero-order valence-electron chi connectivity index (χ0n) is 12.9. The molecule has 0 unspecified atom stereocenters. The van der Waals surface area contributed by atoms with Gasteiger partial charge in [-0.2, -0.15) is 0 Å². The molecule has 6 nitrogen and oxygen atoms in total. The number of benzene rings is 1. The Kier molecular flexibility index (Phi) is 6.31. The van der Waals surface area contributed by atoms with E-state index in [1.54, 1.807) is 6.92 Å². The van der Waals surface area contributed by atoms with Crippen molar-refractivity contribution in [3.63, 3.8) is 0 Å². The summed E-state index contributed by atoms with van der Waals surface area (Å²) in [6, 6.07) is 1.82. The Balaban J connectivity index is 2.67. The molecule has 1 amide bonds. The Morgan fingerprint density at radius 3 is 2.41 bits per heavy atom. The van der Waals surface area contributed by atoms with E-state index < -0.39 is 12.1 Å². The van der Waals surface area contributed by atoms with Crippen molar-refractivity contribution in [3.8, 4) is 0 Å². The van der Waals surface area contributed by atoms with Gasteiger partial charge in [-0.3, -0.25) is 10.1 Å². The fraction of sp³-hybridized carbons (Fsp3) is 0.312. The summed E-state index contributed by atoms with van der Waals surface area (Å²) in [6.07, 6.45) is 1.11. The maximum Gasteiger partial charge on any atom is 0.411 e. The van der Waals surface area contributed by atoms with Gasteiger partial charge in [0.25, 0.3) is 0 Å². The molecule has 0 bridgehead atoms. The zero-order chi connectivity index (χ0) is 16.7. The molecular weight excluding hydrogens is 286 g/mol. The maximum absolute atomic E-state index is 11.7. The van der Waals surface area contributed by atoms with Crippen LogP contribution in [0.4, 0.5) is 10.5 Å². The summed E-state index contributed by atoms with van der Waals surface area (Å²) in [5.41, 5.74) is 3.44. The summed E-state index contributed by atoms with van der Waals surface area (Å²) in [4.78, 5) is 33.6. The predicted molar refractivity (Wildman–Crippen MR) is 82.2 cm³/mol. The zero-order valence-corrected chi connectivity index (χ0v) is 12.9. The minimum Gasteiger partial charge on any atom is -0.459 e. The van der Waals surface area contributed by atoms with E-state index in [1.807, 2.05) is 19.9 Å². The standard InChI is InChI=1S/C16H19NO5/c1-5-14(19)21-6-7-22-16(20)17-15-11(3)8-10(2)13(9-18)12(15)4/h5,8-9H,1,6-7H2,2-4H3,(H,17,20). The minimum absolute atomic E-state index is 0.0519. The first-order valence-electron chi connectivity index (χ1n) is 6.69. The summed E-state index contributed by atoms with van der Waals surface area (Å²) < 4.78 is 9.59. The van der Waals surface area contributed by atoms with Gasteiger partial charge in [-0.25, -0.2) is 9.59 Å². The largest absolute Gasteiger partial charge is 0.459 e. The lowest BCUT2D eigenvalue weighted by Gasteiger charge is -2.15. The van der Waals surface area contributed by atoms with Crippen LogP contribution in [-0.2, 0) is 14.3 Å². The summed E-state index contributed by atoms with van der Waals surface area (Å²) in [6.45, 7) is 8.54. The molecule has 1 N–H and O–H groups in total. The van der Waals surface area contributed by atoms with Gasteiger partial charge in [-0.15, -0.1) is 0 Å². The molecule has 0 atom stereocenters. The van der Waals surface area contributed by atoms with Crippen LogP contribution in [0.5, 0.6) is 0 Å². The smallest absolute Gasteiger partial charge is 0.411 e. The molecule has 0 aliphatic heterocycles. The Morgan fingerprint density at radius 2 is 1.82 bits per heavy atom. The fourth-order valence-corrected chi connectivity index (χ4v) is 2.05. The number of hydrogen-bond acceptors (Lipinski definition) is 5. The summed E-state index contributed by atoms with van der Waals surface area (Å²) in [7, 11) is 0. The van der Waals surface area contributed by atoms with Crippen LogP contribution in [0, 0.1) is 20.8 Å². The number of hydrogen-bond donors (Lipinski definition) is 1. The molecule has 6 heteroatoms. The van der Waals surface area contributed by atoms with E-state index >= 15 is 0 Å². The van der Waals surface area contributed by atoms with Crippen molar-refractivity contribution in [2.75, 3.05) is 18.5 Å². The molecule has 0 saturated carbocycles. The third kappa shape index (κ3) is 4.44. The number of aryl methyl sites for hydroxylation is 2. The molecule has 0 fully saturated rings. The van der Waals surface area contributed by atoms with Crippen LogP contribution in [0.3, 0.4) is 0 Å². The second-order valence-corrected chi connectivity index (χ2v) is 4.67. The number of anilines is 1. The van der Waals surface area contributed by atoms with E-state index in [-0.39, 0.29) is 13.2 Å². The van der Waals surface area contributed by atoms with Gasteiger partial charge >= 0.3 is 12.1 Å². The van der Waals surface area contributed by atoms with Gasteiger partial charge in [-0.05, 0) is 37.5 Å². The third-order valence-electron chi connectivity index (χ3n) is 3.10. The average Bonchev–Trinajstić information content (AvgIpc) is 2.48. The summed E-state index contributed by atoms with van der Waals surface area (Å²) in [5, 5.41) is 2.60. The van der Waals surface area contributed by atoms with Crippen LogP contribution >= 0.6 is 0 Å². The van der Waals surface area contributed by atoms with E-state index in [9.17, 15) is 14.4 Å². The molecule has 1 rings (SSSR count). The van der Waals surface area contributed by atoms with Crippen molar-refractivity contribution >= 4 is 24.0 Å². The van der Waals surface area contributed by atoms with Crippen LogP contribution in [0.25, 0.3) is 0 Å². The molecule has 22 heavy (non-hydrogen) atoms. The normalized spacial score (nSPS) is 9.77. The Labute approximate surface area is 129 Å². The molecule has 0 radical (unpaired) electrons. The van der Waals surface area contributed by atoms with E-state index in [4.69, 9.17) is 4.74 Å². The van der Waals surface area contributed by atoms with E-state index in [0.29, 0.717) is 16.8 Å². The first kappa shape index (κ1) is 17.4. The van der Waals surface area contributed by atoms with Gasteiger partial charge < -0.3 is 9.47 Å². The Morgan fingerprint density at radius 1 is 1.18 bits per heavy atom. The van der Waals surface area contributed by atoms with Gasteiger partial charge in [0.15, 0.2) is 6.29 Å². The Hall–Kier alpha value is -2.63. The molecule has 0 aliphatic carbocycles. The molecule has 0 aliphatic rings. The highest BCUT2D eigenvalue weighted by molar-refractivity contribution is 5.91. The molecule has 0 saturated heterocycles. The number of esters is 1. The summed E-state index contributed by atoms with van der Waals surface area (Å²) in [5.74, 6) is -0.579. The first-order valence-corrected chi connectivity index (χ1v) is 6.69. The minimum atomic E-state index is -0.679. The molecule has 0 aromatic heterocycles. The molecule has 0 spiro atoms. The van der Waals surface area contributed by atoms with E-state index in [1.165, 1.54) is 0 Å². The van der Waals surface area contributed by atoms with E-state index in [0.717, 1.165) is 23.5 Å². The predicted octanol–water partition coefficient (Wildman–Crippen LogP) is 2.70. The fourth-order valence-electron chi connectivity index (χ4n) is 2.05. The summed E-state index contributed by atoms with van der Waals surface area (Å²) >= 11 is 0. The van der Waals surface area contributed by atoms with Crippen molar-refractivity contribution in [3.05, 3.63) is 41.0 Å². The van der Waals surface area contributed by atoms with Gasteiger partial charge in [-0.1, -0.05) is 12.6 Å².